The first kappa shape index (κ1) is 23.0. The summed E-state index contributed by atoms with van der Waals surface area (Å²) in [4.78, 5) is 28.7. The first-order chi connectivity index (χ1) is 16.0. The summed E-state index contributed by atoms with van der Waals surface area (Å²) in [7, 11) is 0. The Bertz CT molecular complexity index is 1260. The lowest BCUT2D eigenvalue weighted by molar-refractivity contribution is 0.0946. The smallest absolute Gasteiger partial charge is 0.262 e. The van der Waals surface area contributed by atoms with Gasteiger partial charge in [-0.15, -0.1) is 0 Å². The van der Waals surface area contributed by atoms with Gasteiger partial charge in [0.2, 0.25) is 6.79 Å². The summed E-state index contributed by atoms with van der Waals surface area (Å²) in [5.74, 6) is 1.57. The number of ether oxygens (including phenoxy) is 2. The van der Waals surface area contributed by atoms with Gasteiger partial charge < -0.3 is 19.8 Å². The number of amides is 1. The Hall–Kier alpha value is -3.13. The van der Waals surface area contributed by atoms with E-state index < -0.39 is 0 Å². The Labute approximate surface area is 197 Å². The number of rotatable bonds is 9. The average Bonchev–Trinajstić information content (AvgIpc) is 3.28. The zero-order valence-corrected chi connectivity index (χ0v) is 19.8. The minimum atomic E-state index is -0.202. The number of carbonyl (C=O) groups excluding carboxylic acids is 1. The summed E-state index contributed by atoms with van der Waals surface area (Å²) < 4.78 is 12.6. The van der Waals surface area contributed by atoms with E-state index in [1.807, 2.05) is 12.1 Å². The predicted octanol–water partition coefficient (Wildman–Crippen LogP) is 4.78. The molecule has 4 rings (SSSR count). The summed E-state index contributed by atoms with van der Waals surface area (Å²) in [5, 5.41) is 3.53. The van der Waals surface area contributed by atoms with Crippen molar-refractivity contribution in [2.24, 2.45) is 5.92 Å². The molecule has 0 aliphatic carbocycles. The molecule has 2 N–H and O–H groups in total. The maximum Gasteiger partial charge on any atom is 0.262 e. The van der Waals surface area contributed by atoms with Crippen LogP contribution in [0.25, 0.3) is 10.9 Å². The lowest BCUT2D eigenvalue weighted by Crippen LogP contribution is -2.29. The number of aromatic nitrogens is 2. The number of nitrogens with zero attached hydrogens (tertiary/aromatic N) is 1. The number of fused-ring (bicyclic) bond motifs is 2. The highest BCUT2D eigenvalue weighted by atomic mass is 32.1. The van der Waals surface area contributed by atoms with Gasteiger partial charge in [-0.25, -0.2) is 0 Å². The first-order valence-corrected chi connectivity index (χ1v) is 11.8. The second kappa shape index (κ2) is 10.2. The molecule has 1 aliphatic rings. The molecule has 2 heterocycles. The number of H-pyrrole nitrogens is 1. The minimum absolute atomic E-state index is 0.0762. The number of unbranched alkanes of at least 4 members (excludes halogenated alkanes) is 1. The number of benzene rings is 2. The van der Waals surface area contributed by atoms with Gasteiger partial charge in [0.1, 0.15) is 0 Å². The van der Waals surface area contributed by atoms with Crippen molar-refractivity contribution in [3.8, 4) is 11.5 Å². The van der Waals surface area contributed by atoms with Gasteiger partial charge in [0, 0.05) is 18.2 Å². The van der Waals surface area contributed by atoms with Crippen molar-refractivity contribution < 1.29 is 14.3 Å². The quantitative estimate of drug-likeness (QED) is 0.442. The molecule has 0 radical (unpaired) electrons. The van der Waals surface area contributed by atoms with Gasteiger partial charge >= 0.3 is 0 Å². The lowest BCUT2D eigenvalue weighted by Gasteiger charge is -2.15. The van der Waals surface area contributed by atoms with E-state index in [2.05, 4.69) is 24.1 Å². The highest BCUT2D eigenvalue weighted by Crippen LogP contribution is 2.34. The Morgan fingerprint density at radius 3 is 2.61 bits per heavy atom. The highest BCUT2D eigenvalue weighted by Gasteiger charge is 2.17. The largest absolute Gasteiger partial charge is 0.454 e. The zero-order chi connectivity index (χ0) is 23.4. The molecule has 0 fully saturated rings. The number of nitrogens with one attached hydrogen (secondary N) is 2. The van der Waals surface area contributed by atoms with Gasteiger partial charge in [-0.05, 0) is 48.3 Å². The number of hydrogen-bond donors (Lipinski definition) is 2. The fourth-order valence-corrected chi connectivity index (χ4v) is 4.27. The molecule has 174 valence electrons. The second-order valence-electron chi connectivity index (χ2n) is 8.40. The van der Waals surface area contributed by atoms with Crippen molar-refractivity contribution in [3.63, 3.8) is 0 Å². The number of hydrogen-bond acceptors (Lipinski definition) is 5. The molecule has 2 aromatic carbocycles. The van der Waals surface area contributed by atoms with E-state index in [1.165, 1.54) is 17.4 Å². The highest BCUT2D eigenvalue weighted by molar-refractivity contribution is 7.71. The zero-order valence-electron chi connectivity index (χ0n) is 19.0. The standard InChI is InChI=1S/C25H29N3O4S/c1-3-5-6-16(4-2)13-26-23(29)18-9-7-17(8-10-18)14-28-24(30)19-11-21-22(32-15-31-21)12-20(19)27-25(28)33/h7-12,16H,3-6,13-15H2,1-2H3,(H,26,29)(H,27,33)/t16-/m0/s1. The molecule has 7 nitrogen and oxygen atoms in total. The van der Waals surface area contributed by atoms with Gasteiger partial charge in [-0.2, -0.15) is 0 Å². The molecular formula is C25H29N3O4S. The van der Waals surface area contributed by atoms with Crippen molar-refractivity contribution in [2.75, 3.05) is 13.3 Å². The average molecular weight is 468 g/mol. The third-order valence-corrected chi connectivity index (χ3v) is 6.45. The van der Waals surface area contributed by atoms with E-state index in [9.17, 15) is 9.59 Å². The van der Waals surface area contributed by atoms with E-state index in [1.54, 1.807) is 24.3 Å². The summed E-state index contributed by atoms with van der Waals surface area (Å²) >= 11 is 5.43. The van der Waals surface area contributed by atoms with Crippen LogP contribution in [-0.2, 0) is 6.54 Å². The monoisotopic (exact) mass is 467 g/mol. The fraction of sp³-hybridized carbons (Fsp3) is 0.400. The Balaban J connectivity index is 1.48. The van der Waals surface area contributed by atoms with Gasteiger partial charge in [0.25, 0.3) is 11.5 Å². The molecule has 33 heavy (non-hydrogen) atoms. The van der Waals surface area contributed by atoms with Crippen LogP contribution in [-0.4, -0.2) is 28.8 Å². The van der Waals surface area contributed by atoms with E-state index in [4.69, 9.17) is 21.7 Å². The summed E-state index contributed by atoms with van der Waals surface area (Å²) in [5.41, 5.74) is 1.89. The van der Waals surface area contributed by atoms with Crippen LogP contribution in [0.5, 0.6) is 11.5 Å². The Morgan fingerprint density at radius 2 is 1.91 bits per heavy atom. The minimum Gasteiger partial charge on any atom is -0.454 e. The van der Waals surface area contributed by atoms with Crippen molar-refractivity contribution in [1.82, 2.24) is 14.9 Å². The second-order valence-corrected chi connectivity index (χ2v) is 8.78. The van der Waals surface area contributed by atoms with E-state index in [0.717, 1.165) is 18.4 Å². The summed E-state index contributed by atoms with van der Waals surface area (Å²) in [6.07, 6.45) is 4.54. The van der Waals surface area contributed by atoms with Crippen molar-refractivity contribution in [3.05, 3.63) is 62.6 Å². The number of carbonyl (C=O) groups is 1. The SMILES string of the molecule is CCCC[C@H](CC)CNC(=O)c1ccc(Cn2c(=S)[nH]c3cc4c(cc3c2=O)OCO4)cc1. The van der Waals surface area contributed by atoms with Crippen LogP contribution in [0.15, 0.2) is 41.2 Å². The van der Waals surface area contributed by atoms with Crippen LogP contribution in [0.4, 0.5) is 0 Å². The molecule has 0 bridgehead atoms. The molecule has 3 aromatic rings. The molecule has 0 saturated heterocycles. The fourth-order valence-electron chi connectivity index (χ4n) is 4.01. The maximum atomic E-state index is 13.1. The predicted molar refractivity (Wildman–Crippen MR) is 131 cm³/mol. The van der Waals surface area contributed by atoms with E-state index in [0.29, 0.717) is 51.7 Å². The topological polar surface area (TPSA) is 85.4 Å². The van der Waals surface area contributed by atoms with Crippen LogP contribution < -0.4 is 20.3 Å². The van der Waals surface area contributed by atoms with Crippen LogP contribution in [0.1, 0.15) is 55.5 Å². The number of aromatic amines is 1. The van der Waals surface area contributed by atoms with Crippen molar-refractivity contribution in [1.29, 1.82) is 0 Å². The van der Waals surface area contributed by atoms with Gasteiger partial charge in [0.15, 0.2) is 16.3 Å². The van der Waals surface area contributed by atoms with Gasteiger partial charge in [-0.3, -0.25) is 14.2 Å². The molecule has 1 atom stereocenters. The molecule has 0 unspecified atom stereocenters. The maximum absolute atomic E-state index is 13.1. The molecular weight excluding hydrogens is 438 g/mol. The molecule has 0 saturated carbocycles. The normalized spacial score (nSPS) is 13.3. The third-order valence-electron chi connectivity index (χ3n) is 6.13. The van der Waals surface area contributed by atoms with Crippen molar-refractivity contribution >= 4 is 29.0 Å². The van der Waals surface area contributed by atoms with Gasteiger partial charge in [-0.1, -0.05) is 45.2 Å². The van der Waals surface area contributed by atoms with Crippen LogP contribution in [0, 0.1) is 10.7 Å². The van der Waals surface area contributed by atoms with Crippen LogP contribution in [0.3, 0.4) is 0 Å². The summed E-state index contributed by atoms with van der Waals surface area (Å²) in [6, 6.07) is 10.7. The first-order valence-electron chi connectivity index (χ1n) is 11.4. The lowest BCUT2D eigenvalue weighted by atomic mass is 9.99. The molecule has 8 heteroatoms. The van der Waals surface area contributed by atoms with Crippen molar-refractivity contribution in [2.45, 2.75) is 46.1 Å². The third kappa shape index (κ3) is 5.11. The molecule has 0 spiro atoms. The van der Waals surface area contributed by atoms with Crippen LogP contribution >= 0.6 is 12.2 Å². The van der Waals surface area contributed by atoms with E-state index in [-0.39, 0.29) is 18.3 Å². The summed E-state index contributed by atoms with van der Waals surface area (Å²) in [6.45, 7) is 5.47. The Kier molecular flexibility index (Phi) is 7.13. The van der Waals surface area contributed by atoms with E-state index >= 15 is 0 Å². The van der Waals surface area contributed by atoms with Crippen LogP contribution in [0.2, 0.25) is 0 Å². The molecule has 1 aromatic heterocycles. The molecule has 1 amide bonds. The Morgan fingerprint density at radius 1 is 1.18 bits per heavy atom. The van der Waals surface area contributed by atoms with Gasteiger partial charge in [0.05, 0.1) is 17.4 Å². The molecule has 1 aliphatic heterocycles.